The maximum atomic E-state index is 14.0. The molecule has 7 N–H and O–H groups in total. The van der Waals surface area contributed by atoms with Gasteiger partial charge in [0.15, 0.2) is 12.1 Å². The van der Waals surface area contributed by atoms with Gasteiger partial charge in [-0.25, -0.2) is 81.5 Å². The number of fused-ring (bicyclic) bond motifs is 7. The summed E-state index contributed by atoms with van der Waals surface area (Å²) in [6.45, 7) is 22.3. The molecule has 0 spiro atoms. The fourth-order valence-corrected chi connectivity index (χ4v) is 18.0. The van der Waals surface area contributed by atoms with E-state index in [1.807, 2.05) is 74.6 Å². The van der Waals surface area contributed by atoms with E-state index < -0.39 is 123 Å². The number of carbonyl (C=O) groups excluding carboxylic acids is 8. The lowest BCUT2D eigenvalue weighted by molar-refractivity contribution is -0.660. The van der Waals surface area contributed by atoms with Gasteiger partial charge in [-0.05, 0) is 180 Å². The van der Waals surface area contributed by atoms with Crippen LogP contribution in [0, 0.1) is 34.0 Å². The van der Waals surface area contributed by atoms with Crippen molar-refractivity contribution in [1.82, 2.24) is 55.7 Å². The van der Waals surface area contributed by atoms with E-state index >= 15 is 0 Å². The van der Waals surface area contributed by atoms with Crippen LogP contribution in [0.5, 0.6) is 34.9 Å². The highest BCUT2D eigenvalue weighted by Gasteiger charge is 2.50. The molecule has 2 bridgehead atoms. The summed E-state index contributed by atoms with van der Waals surface area (Å²) in [5.41, 5.74) is 3.63. The number of benzene rings is 4. The highest BCUT2D eigenvalue weighted by molar-refractivity contribution is 7.85. The summed E-state index contributed by atoms with van der Waals surface area (Å²) in [5.74, 6) is 0.137. The number of carboxylic acid groups (broad SMARTS) is 2. The number of aryl methyl sites for hydroxylation is 3. The van der Waals surface area contributed by atoms with E-state index in [-0.39, 0.29) is 79.1 Å². The lowest BCUT2D eigenvalue weighted by Crippen LogP contribution is -2.89. The fraction of sp³-hybridized carbons (Fsp3) is 0.604. The number of likely N-dealkylation sites (tertiary alicyclic amines) is 1. The van der Waals surface area contributed by atoms with Gasteiger partial charge in [-0.2, -0.15) is 0 Å². The number of ether oxygens (including phenoxy) is 13. The van der Waals surface area contributed by atoms with Crippen molar-refractivity contribution in [1.29, 1.82) is 0 Å². The molecule has 0 unspecified atom stereocenters. The van der Waals surface area contributed by atoms with Gasteiger partial charge < -0.3 is 103 Å². The number of rotatable bonds is 29. The molecule has 3 aromatic heterocycles. The molecule has 3 aliphatic carbocycles. The van der Waals surface area contributed by atoms with E-state index in [4.69, 9.17) is 91.5 Å². The number of methoxy groups -OCH3 is 6. The number of nitrogens with two attached hydrogens (primary N) is 1. The van der Waals surface area contributed by atoms with Gasteiger partial charge in [0.25, 0.3) is 0 Å². The lowest BCUT2D eigenvalue weighted by Gasteiger charge is -2.34. The number of hydrogen-bond donors (Lipinski definition) is 6. The average Bonchev–Trinajstić information content (AvgIpc) is 1.59. The normalized spacial score (nSPS) is 22.6. The molecule has 3 saturated heterocycles. The first-order valence-electron chi connectivity index (χ1n) is 48.4. The van der Waals surface area contributed by atoms with Crippen molar-refractivity contribution >= 4 is 103 Å². The Morgan fingerprint density at radius 2 is 1.05 bits per heavy atom. The first-order chi connectivity index (χ1) is 67.1. The molecule has 15 atom stereocenters. The minimum absolute atomic E-state index is 0.113. The van der Waals surface area contributed by atoms with Gasteiger partial charge in [0.05, 0.1) is 100 Å². The Kier molecular flexibility index (Phi) is 37.5. The second-order valence-electron chi connectivity index (χ2n) is 41.1. The number of esters is 3. The smallest absolute Gasteiger partial charge is 0.411 e. The minimum atomic E-state index is -4.25. The van der Waals surface area contributed by atoms with Gasteiger partial charge in [-0.15, -0.1) is 0 Å². The Morgan fingerprint density at radius 3 is 1.52 bits per heavy atom. The fourth-order valence-electron chi connectivity index (χ4n) is 17.5. The molecule has 4 aromatic carbocycles. The largest absolute Gasteiger partial charge is 0.744 e. The second kappa shape index (κ2) is 48.5. The van der Waals surface area contributed by atoms with Crippen LogP contribution >= 0.6 is 0 Å². The number of nitrogens with one attached hydrogen (secondary N) is 3. The third-order valence-corrected chi connectivity index (χ3v) is 26.5. The number of aromatic nitrogens is 6. The van der Waals surface area contributed by atoms with Gasteiger partial charge in [-0.3, -0.25) is 9.69 Å². The van der Waals surface area contributed by atoms with Gasteiger partial charge >= 0.3 is 54.2 Å². The maximum absolute atomic E-state index is 14.0. The number of unbranched alkanes of at least 4 members (excludes halogenated alkanes) is 4. The number of amides is 5. The Bertz CT molecular complexity index is 5710. The number of quaternary nitrogens is 1. The summed E-state index contributed by atoms with van der Waals surface area (Å²) in [4.78, 5) is 156. The van der Waals surface area contributed by atoms with Gasteiger partial charge in [-0.1, -0.05) is 119 Å². The average molecular weight is 2000 g/mol. The third-order valence-electron chi connectivity index (χ3n) is 25.6. The van der Waals surface area contributed by atoms with Crippen molar-refractivity contribution in [3.63, 3.8) is 0 Å². The van der Waals surface area contributed by atoms with Crippen molar-refractivity contribution < 1.29 is 138 Å². The Labute approximate surface area is 827 Å². The number of carbonyl (C=O) groups is 10. The molecule has 3 saturated carbocycles. The molecular weight excluding hydrogens is 1860 g/mol. The van der Waals surface area contributed by atoms with Crippen molar-refractivity contribution in [3.05, 3.63) is 102 Å². The Morgan fingerprint density at radius 1 is 0.549 bits per heavy atom. The number of aliphatic carboxylic acids is 2. The van der Waals surface area contributed by atoms with Crippen LogP contribution in [0.1, 0.15) is 216 Å². The summed E-state index contributed by atoms with van der Waals surface area (Å²) >= 11 is 0. The molecule has 40 nitrogen and oxygen atoms in total. The van der Waals surface area contributed by atoms with E-state index in [9.17, 15) is 71.1 Å². The molecular formula is C101H138N12O28S. The molecule has 776 valence electrons. The van der Waals surface area contributed by atoms with Crippen LogP contribution in [0.15, 0.2) is 89.8 Å². The van der Waals surface area contributed by atoms with Crippen LogP contribution in [0.3, 0.4) is 0 Å². The van der Waals surface area contributed by atoms with Gasteiger partial charge in [0.1, 0.15) is 117 Å². The van der Waals surface area contributed by atoms with E-state index in [0.29, 0.717) is 107 Å². The SMILES string of the molecule is COC(=O)[C@@H]1C[C@@H](Oc2nc3cc(OC)ccc3nc2CCCCC[C@@H]2C[C@H]2OC(=O)N[C@H](C(=O)O)C(C)(C)C)CN1C(=O)OC(C)(C)C.COC(=O)[C@@H]1C[C@@H](Oc2nc3cc(OC)ccc3nc2CCCCC[C@@H]2C[C@H]2OC(=O)N[C@H](C(=O)O)C(C)(C)C)C[NH2+]1.COC(=O)[C@@H]1C[C@@H]2CN1C(=O)[C@H](C(C)(C)C)NC(=O)O[C@@H]1C[C@H]1CCCCCc1nc3ccc(OC)cc3nc1O2.O=S(=O)([O-])c1ccccc1. The first-order valence-corrected chi connectivity index (χ1v) is 49.8. The van der Waals surface area contributed by atoms with Gasteiger partial charge in [0.2, 0.25) is 23.5 Å². The van der Waals surface area contributed by atoms with E-state index in [1.165, 1.54) is 55.4 Å². The standard InChI is InChI=1S/C35H50N4O10.C30H42N4O8.C30H40N4O7.C6H6O3S/c1-34(2,3)28(30(40)41)38-32(43)48-27-16-20(27)12-10-9-11-13-24-29(37-25-17-21(45-7)14-15-23(25)36-24)47-22-18-26(31(42)46-8)39(19-22)33(44)49-35(4,5)6;1-30(2,3)25(27(35)36)34-29(38)42-24-13-17(24)9-7-6-8-10-21-26(41-19-15-23(31-16-19)28(37)40-5)33-22-14-18(39-4)11-12-20(22)32-21;1-30(2,3)25-27(35)34-16-19(15-23(34)28(36)39-5)40-26-21(31-20-12-11-18(38-4)14-22(20)32-26)10-8-6-7-9-17-13-24(17)41-29(37)33-25;7-10(8,9)6-4-2-1-3-5-6/h14-15,17,20,22,26-28H,9-13,16,18-19H2,1-8H3,(H,38,43)(H,40,41);11-12,14,17,19,23-25,31H,6-10,13,15-16H2,1-5H3,(H,34,38)(H,35,36);11-12,14,17,19,23-25H,6-10,13,15-16H2,1-5H3,(H,33,37);1-5H,(H,7,8,9)/t20-,22-,26+,27-,28-;2*17-,19-,23+,24-,25-;/m111./s1. The second-order valence-corrected chi connectivity index (χ2v) is 42.5. The predicted octanol–water partition coefficient (Wildman–Crippen LogP) is 12.3. The van der Waals surface area contributed by atoms with Crippen molar-refractivity contribution in [2.24, 2.45) is 34.0 Å². The zero-order chi connectivity index (χ0) is 103. The summed E-state index contributed by atoms with van der Waals surface area (Å²) in [5, 5.41) is 28.5. The molecule has 7 aromatic rings. The van der Waals surface area contributed by atoms with Crippen LogP contribution in [0.4, 0.5) is 19.2 Å². The van der Waals surface area contributed by atoms with Crippen LogP contribution in [0.25, 0.3) is 33.1 Å². The van der Waals surface area contributed by atoms with Crippen molar-refractivity contribution in [2.75, 3.05) is 62.3 Å². The molecule has 5 amide bonds. The first kappa shape index (κ1) is 110. The van der Waals surface area contributed by atoms with E-state index in [0.717, 1.165) is 119 Å². The molecule has 7 heterocycles. The highest BCUT2D eigenvalue weighted by Crippen LogP contribution is 2.43. The quantitative estimate of drug-likeness (QED) is 0.0110. The molecule has 0 radical (unpaired) electrons. The number of carboxylic acids is 2. The minimum Gasteiger partial charge on any atom is -0.744 e. The molecule has 41 heteroatoms. The Balaban J connectivity index is 0.000000194. The summed E-state index contributed by atoms with van der Waals surface area (Å²) in [6.07, 6.45) is 12.1. The monoisotopic (exact) mass is 2000 g/mol. The van der Waals surface area contributed by atoms with Crippen molar-refractivity contribution in [3.8, 4) is 34.9 Å². The number of hydrogen-bond acceptors (Lipinski definition) is 32. The highest BCUT2D eigenvalue weighted by atomic mass is 32.2. The summed E-state index contributed by atoms with van der Waals surface area (Å²) in [6, 6.07) is 18.7. The predicted molar refractivity (Wildman–Crippen MR) is 515 cm³/mol. The maximum Gasteiger partial charge on any atom is 0.411 e. The zero-order valence-corrected chi connectivity index (χ0v) is 85.1. The summed E-state index contributed by atoms with van der Waals surface area (Å²) in [7, 11) is 4.49. The zero-order valence-electron chi connectivity index (χ0n) is 84.3. The van der Waals surface area contributed by atoms with Crippen LogP contribution in [-0.4, -0.2) is 264 Å². The summed E-state index contributed by atoms with van der Waals surface area (Å²) < 4.78 is 103. The van der Waals surface area contributed by atoms with Gasteiger partial charge in [0, 0.05) is 31.0 Å². The van der Waals surface area contributed by atoms with Crippen LogP contribution in [-0.2, 0) is 91.3 Å². The third kappa shape index (κ3) is 31.5. The van der Waals surface area contributed by atoms with E-state index in [2.05, 4.69) is 16.0 Å². The van der Waals surface area contributed by atoms with Crippen LogP contribution in [0.2, 0.25) is 0 Å². The molecule has 4 aliphatic heterocycles. The van der Waals surface area contributed by atoms with Crippen molar-refractivity contribution in [2.45, 2.75) is 301 Å². The molecule has 142 heavy (non-hydrogen) atoms. The number of nitrogens with zero attached hydrogens (tertiary/aromatic N) is 8. The molecule has 14 rings (SSSR count). The molecule has 6 fully saturated rings. The van der Waals surface area contributed by atoms with E-state index in [1.54, 1.807) is 95.8 Å². The lowest BCUT2D eigenvalue weighted by atomic mass is 9.85. The topological polar surface area (TPSA) is 525 Å². The van der Waals surface area contributed by atoms with Crippen LogP contribution < -0.4 is 49.7 Å². The Hall–Kier alpha value is -12.5. The molecule has 7 aliphatic rings. The number of alkyl carbamates (subject to hydrolysis) is 3.